The van der Waals surface area contributed by atoms with Gasteiger partial charge in [0.05, 0.1) is 6.54 Å². The van der Waals surface area contributed by atoms with Crippen LogP contribution in [0.3, 0.4) is 0 Å². The molecule has 1 N–H and O–H groups in total. The van der Waals surface area contributed by atoms with Crippen LogP contribution in [-0.4, -0.2) is 35.3 Å². The molecule has 1 saturated heterocycles. The molecule has 2 atom stereocenters. The lowest BCUT2D eigenvalue weighted by Gasteiger charge is -2.31. The number of amides is 2. The van der Waals surface area contributed by atoms with Gasteiger partial charge in [0.15, 0.2) is 0 Å². The molecule has 4 heteroatoms. The van der Waals surface area contributed by atoms with Gasteiger partial charge >= 0.3 is 0 Å². The van der Waals surface area contributed by atoms with E-state index in [9.17, 15) is 9.59 Å². The summed E-state index contributed by atoms with van der Waals surface area (Å²) in [5.41, 5.74) is 0. The van der Waals surface area contributed by atoms with Crippen molar-refractivity contribution >= 4 is 11.8 Å². The van der Waals surface area contributed by atoms with E-state index in [2.05, 4.69) is 5.32 Å². The van der Waals surface area contributed by atoms with Crippen LogP contribution >= 0.6 is 0 Å². The molecule has 0 spiro atoms. The molecule has 0 aromatic carbocycles. The smallest absolute Gasteiger partial charge is 0.243 e. The summed E-state index contributed by atoms with van der Waals surface area (Å²) < 4.78 is 0. The molecule has 2 rings (SSSR count). The van der Waals surface area contributed by atoms with E-state index in [0.29, 0.717) is 12.6 Å². The summed E-state index contributed by atoms with van der Waals surface area (Å²) >= 11 is 0. The zero-order chi connectivity index (χ0) is 10.1. The van der Waals surface area contributed by atoms with Crippen LogP contribution < -0.4 is 5.32 Å². The zero-order valence-corrected chi connectivity index (χ0v) is 8.45. The maximum absolute atomic E-state index is 11.6. The van der Waals surface area contributed by atoms with Gasteiger partial charge in [-0.3, -0.25) is 14.5 Å². The van der Waals surface area contributed by atoms with E-state index in [1.165, 1.54) is 11.8 Å². The average Bonchev–Trinajstić information content (AvgIpc) is 2.24. The lowest BCUT2D eigenvalue weighted by Crippen LogP contribution is -2.44. The zero-order valence-electron chi connectivity index (χ0n) is 8.45. The molecule has 14 heavy (non-hydrogen) atoms. The summed E-state index contributed by atoms with van der Waals surface area (Å²) in [5, 5.41) is 3.20. The third-order valence-electron chi connectivity index (χ3n) is 3.16. The van der Waals surface area contributed by atoms with E-state index in [1.54, 1.807) is 0 Å². The van der Waals surface area contributed by atoms with Crippen LogP contribution in [0.15, 0.2) is 0 Å². The maximum Gasteiger partial charge on any atom is 0.243 e. The van der Waals surface area contributed by atoms with E-state index < -0.39 is 0 Å². The third kappa shape index (κ3) is 1.66. The average molecular weight is 196 g/mol. The summed E-state index contributed by atoms with van der Waals surface area (Å²) in [7, 11) is 0. The number of fused-ring (bicyclic) bond motifs is 2. The lowest BCUT2D eigenvalue weighted by molar-refractivity contribution is -0.145. The Morgan fingerprint density at radius 1 is 1.50 bits per heavy atom. The second kappa shape index (κ2) is 3.69. The Labute approximate surface area is 83.6 Å². The Hall–Kier alpha value is -0.900. The van der Waals surface area contributed by atoms with Crippen molar-refractivity contribution in [3.8, 4) is 0 Å². The number of hydrogen-bond acceptors (Lipinski definition) is 3. The molecule has 2 amide bonds. The summed E-state index contributed by atoms with van der Waals surface area (Å²) in [6, 6.07) is 0.579. The van der Waals surface area contributed by atoms with Crippen molar-refractivity contribution in [2.24, 2.45) is 0 Å². The topological polar surface area (TPSA) is 49.4 Å². The van der Waals surface area contributed by atoms with Gasteiger partial charge in [-0.2, -0.15) is 0 Å². The Morgan fingerprint density at radius 2 is 2.29 bits per heavy atom. The number of nitrogens with one attached hydrogen (secondary N) is 1. The Bertz CT molecular complexity index is 265. The van der Waals surface area contributed by atoms with Gasteiger partial charge in [0.25, 0.3) is 0 Å². The minimum absolute atomic E-state index is 0.0631. The van der Waals surface area contributed by atoms with Crippen LogP contribution in [0.2, 0.25) is 0 Å². The minimum atomic E-state index is -0.107. The van der Waals surface area contributed by atoms with Crippen molar-refractivity contribution < 1.29 is 9.59 Å². The van der Waals surface area contributed by atoms with Crippen LogP contribution in [0.25, 0.3) is 0 Å². The summed E-state index contributed by atoms with van der Waals surface area (Å²) in [6.45, 7) is 1.80. The molecule has 0 aromatic heterocycles. The highest BCUT2D eigenvalue weighted by Crippen LogP contribution is 2.25. The van der Waals surface area contributed by atoms with Gasteiger partial charge in [-0.25, -0.2) is 0 Å². The fourth-order valence-electron chi connectivity index (χ4n) is 2.54. The van der Waals surface area contributed by atoms with Gasteiger partial charge < -0.3 is 5.32 Å². The van der Waals surface area contributed by atoms with E-state index in [0.717, 1.165) is 25.7 Å². The molecule has 2 bridgehead atoms. The molecule has 4 nitrogen and oxygen atoms in total. The van der Waals surface area contributed by atoms with Crippen molar-refractivity contribution in [2.75, 3.05) is 6.54 Å². The van der Waals surface area contributed by atoms with Crippen molar-refractivity contribution in [3.63, 3.8) is 0 Å². The largest absolute Gasteiger partial charge is 0.306 e. The Kier molecular flexibility index (Phi) is 2.54. The van der Waals surface area contributed by atoms with E-state index in [-0.39, 0.29) is 17.9 Å². The van der Waals surface area contributed by atoms with Gasteiger partial charge in [-0.1, -0.05) is 0 Å². The van der Waals surface area contributed by atoms with Gasteiger partial charge in [-0.05, 0) is 25.7 Å². The number of carbonyl (C=O) groups excluding carboxylic acids is 2. The van der Waals surface area contributed by atoms with Gasteiger partial charge in [0, 0.05) is 19.0 Å². The van der Waals surface area contributed by atoms with Crippen molar-refractivity contribution in [2.45, 2.75) is 44.7 Å². The van der Waals surface area contributed by atoms with Crippen LogP contribution in [0, 0.1) is 0 Å². The standard InChI is InChI=1S/C10H16N2O2/c1-7(13)12-9-4-2-3-8(5-9)11-6-10(12)14/h8-9,11H,2-6H2,1H3. The first-order valence-electron chi connectivity index (χ1n) is 5.24. The molecule has 2 aliphatic rings. The highest BCUT2D eigenvalue weighted by Gasteiger charge is 2.34. The maximum atomic E-state index is 11.6. The van der Waals surface area contributed by atoms with Crippen LogP contribution in [0.1, 0.15) is 32.6 Å². The van der Waals surface area contributed by atoms with E-state index >= 15 is 0 Å². The molecule has 0 aromatic rings. The van der Waals surface area contributed by atoms with E-state index in [1.807, 2.05) is 0 Å². The molecule has 0 radical (unpaired) electrons. The number of carbonyl (C=O) groups is 2. The fourth-order valence-corrected chi connectivity index (χ4v) is 2.54. The normalized spacial score (nSPS) is 32.6. The monoisotopic (exact) mass is 196 g/mol. The molecule has 1 heterocycles. The number of rotatable bonds is 0. The van der Waals surface area contributed by atoms with E-state index in [4.69, 9.17) is 0 Å². The summed E-state index contributed by atoms with van der Waals surface area (Å²) in [4.78, 5) is 24.4. The van der Waals surface area contributed by atoms with Gasteiger partial charge in [0.2, 0.25) is 11.8 Å². The first kappa shape index (κ1) is 9.65. The molecule has 1 saturated carbocycles. The quantitative estimate of drug-likeness (QED) is 0.605. The number of hydrogen-bond donors (Lipinski definition) is 1. The van der Waals surface area contributed by atoms with Crippen LogP contribution in [0.5, 0.6) is 0 Å². The molecule has 2 fully saturated rings. The predicted octanol–water partition coefficient (Wildman–Crippen LogP) is 0.276. The predicted molar refractivity (Wildman–Crippen MR) is 51.6 cm³/mol. The SMILES string of the molecule is CC(=O)N1C(=O)CNC2CCCC1C2. The second-order valence-corrected chi connectivity index (χ2v) is 4.18. The third-order valence-corrected chi connectivity index (χ3v) is 3.16. The molecular formula is C10H16N2O2. The highest BCUT2D eigenvalue weighted by molar-refractivity contribution is 5.95. The number of imide groups is 1. The van der Waals surface area contributed by atoms with Crippen LogP contribution in [0.4, 0.5) is 0 Å². The minimum Gasteiger partial charge on any atom is -0.306 e. The summed E-state index contributed by atoms with van der Waals surface area (Å²) in [6.07, 6.45) is 4.16. The highest BCUT2D eigenvalue weighted by atomic mass is 16.2. The van der Waals surface area contributed by atoms with Crippen molar-refractivity contribution in [3.05, 3.63) is 0 Å². The molecular weight excluding hydrogens is 180 g/mol. The van der Waals surface area contributed by atoms with Gasteiger partial charge in [0.1, 0.15) is 0 Å². The first-order valence-corrected chi connectivity index (χ1v) is 5.24. The molecule has 1 aliphatic heterocycles. The lowest BCUT2D eigenvalue weighted by atomic mass is 9.91. The Morgan fingerprint density at radius 3 is 3.00 bits per heavy atom. The van der Waals surface area contributed by atoms with Crippen LogP contribution in [-0.2, 0) is 9.59 Å². The van der Waals surface area contributed by atoms with Crippen molar-refractivity contribution in [1.82, 2.24) is 10.2 Å². The summed E-state index contributed by atoms with van der Waals surface area (Å²) in [5.74, 6) is -0.170. The van der Waals surface area contributed by atoms with Crippen molar-refractivity contribution in [1.29, 1.82) is 0 Å². The molecule has 78 valence electrons. The second-order valence-electron chi connectivity index (χ2n) is 4.18. The first-order chi connectivity index (χ1) is 6.68. The Balaban J connectivity index is 2.20. The fraction of sp³-hybridized carbons (Fsp3) is 0.800. The molecule has 2 unspecified atom stereocenters. The number of nitrogens with zero attached hydrogens (tertiary/aromatic N) is 1. The van der Waals surface area contributed by atoms with Gasteiger partial charge in [-0.15, -0.1) is 0 Å². The molecule has 1 aliphatic carbocycles.